The molecule has 0 bridgehead atoms. The summed E-state index contributed by atoms with van der Waals surface area (Å²) in [6, 6.07) is 0.251. The van der Waals surface area contributed by atoms with E-state index in [4.69, 9.17) is 5.73 Å². The zero-order valence-electron chi connectivity index (χ0n) is 9.88. The summed E-state index contributed by atoms with van der Waals surface area (Å²) in [6.45, 7) is 5.83. The molecule has 1 atom stereocenters. The lowest BCUT2D eigenvalue weighted by atomic mass is 10.0. The van der Waals surface area contributed by atoms with Gasteiger partial charge in [-0.3, -0.25) is 9.59 Å². The van der Waals surface area contributed by atoms with Gasteiger partial charge in [-0.05, 0) is 19.3 Å². The molecule has 4 heteroatoms. The third-order valence-electron chi connectivity index (χ3n) is 2.64. The third kappa shape index (κ3) is 6.10. The molecule has 0 aliphatic rings. The molecular weight excluding hydrogens is 192 g/mol. The van der Waals surface area contributed by atoms with Crippen LogP contribution in [0.1, 0.15) is 46.5 Å². The third-order valence-corrected chi connectivity index (χ3v) is 2.64. The quantitative estimate of drug-likeness (QED) is 0.668. The molecule has 0 aliphatic carbocycles. The number of nitrogens with one attached hydrogen (secondary N) is 1. The van der Waals surface area contributed by atoms with Crippen LogP contribution in [0.5, 0.6) is 0 Å². The van der Waals surface area contributed by atoms with Crippen molar-refractivity contribution in [2.75, 3.05) is 0 Å². The number of carbonyl (C=O) groups is 2. The molecule has 0 spiro atoms. The average Bonchev–Trinajstić information content (AvgIpc) is 2.22. The fourth-order valence-corrected chi connectivity index (χ4v) is 1.28. The Labute approximate surface area is 91.6 Å². The summed E-state index contributed by atoms with van der Waals surface area (Å²) in [4.78, 5) is 22.2. The van der Waals surface area contributed by atoms with Crippen LogP contribution >= 0.6 is 0 Å². The maximum atomic E-state index is 11.4. The van der Waals surface area contributed by atoms with E-state index >= 15 is 0 Å². The van der Waals surface area contributed by atoms with Gasteiger partial charge in [0, 0.05) is 18.4 Å². The van der Waals surface area contributed by atoms with Crippen LogP contribution in [0, 0.1) is 5.92 Å². The number of hydrogen-bond acceptors (Lipinski definition) is 2. The van der Waals surface area contributed by atoms with Crippen molar-refractivity contribution in [1.82, 2.24) is 5.32 Å². The van der Waals surface area contributed by atoms with Gasteiger partial charge in [-0.2, -0.15) is 0 Å². The molecular formula is C11H22N2O2. The fourth-order valence-electron chi connectivity index (χ4n) is 1.28. The first-order valence-electron chi connectivity index (χ1n) is 5.59. The molecule has 2 amide bonds. The lowest BCUT2D eigenvalue weighted by Gasteiger charge is -2.15. The highest BCUT2D eigenvalue weighted by Crippen LogP contribution is 2.05. The van der Waals surface area contributed by atoms with Gasteiger partial charge >= 0.3 is 0 Å². The number of amides is 2. The second-order valence-electron chi connectivity index (χ2n) is 3.92. The van der Waals surface area contributed by atoms with E-state index in [1.807, 2.05) is 13.8 Å². The van der Waals surface area contributed by atoms with E-state index in [-0.39, 0.29) is 23.8 Å². The van der Waals surface area contributed by atoms with Crippen LogP contribution in [0.25, 0.3) is 0 Å². The van der Waals surface area contributed by atoms with Crippen molar-refractivity contribution in [2.24, 2.45) is 11.7 Å². The van der Waals surface area contributed by atoms with Crippen LogP contribution in [-0.4, -0.2) is 17.9 Å². The molecule has 88 valence electrons. The highest BCUT2D eigenvalue weighted by atomic mass is 16.2. The first kappa shape index (κ1) is 13.9. The van der Waals surface area contributed by atoms with E-state index in [1.165, 1.54) is 0 Å². The Morgan fingerprint density at radius 3 is 2.20 bits per heavy atom. The SMILES string of the molecule is CCC(CC)NC(=O)CC[C@H](C)C(N)=O. The van der Waals surface area contributed by atoms with Crippen LogP contribution in [-0.2, 0) is 9.59 Å². The molecule has 0 fully saturated rings. The standard InChI is InChI=1S/C11H22N2O2/c1-4-9(5-2)13-10(14)7-6-8(3)11(12)15/h8-9H,4-7H2,1-3H3,(H2,12,15)(H,13,14)/t8-/m0/s1. The van der Waals surface area contributed by atoms with E-state index in [0.29, 0.717) is 12.8 Å². The predicted molar refractivity (Wildman–Crippen MR) is 60.1 cm³/mol. The van der Waals surface area contributed by atoms with Crippen molar-refractivity contribution in [3.8, 4) is 0 Å². The summed E-state index contributed by atoms with van der Waals surface area (Å²) in [5, 5.41) is 2.92. The molecule has 0 unspecified atom stereocenters. The summed E-state index contributed by atoms with van der Waals surface area (Å²) >= 11 is 0. The van der Waals surface area contributed by atoms with Crippen molar-refractivity contribution in [3.05, 3.63) is 0 Å². The smallest absolute Gasteiger partial charge is 0.220 e. The van der Waals surface area contributed by atoms with Gasteiger partial charge in [0.2, 0.25) is 11.8 Å². The number of primary amides is 1. The average molecular weight is 214 g/mol. The molecule has 0 aromatic heterocycles. The molecule has 0 aromatic rings. The molecule has 15 heavy (non-hydrogen) atoms. The summed E-state index contributed by atoms with van der Waals surface area (Å²) in [7, 11) is 0. The number of carbonyl (C=O) groups excluding carboxylic acids is 2. The van der Waals surface area contributed by atoms with Crippen LogP contribution in [0.3, 0.4) is 0 Å². The van der Waals surface area contributed by atoms with Gasteiger partial charge in [0.05, 0.1) is 0 Å². The van der Waals surface area contributed by atoms with Crippen molar-refractivity contribution in [2.45, 2.75) is 52.5 Å². The van der Waals surface area contributed by atoms with Crippen molar-refractivity contribution < 1.29 is 9.59 Å². The highest BCUT2D eigenvalue weighted by Gasteiger charge is 2.12. The Balaban J connectivity index is 3.79. The Bertz CT molecular complexity index is 213. The van der Waals surface area contributed by atoms with Gasteiger partial charge in [-0.25, -0.2) is 0 Å². The number of rotatable bonds is 7. The Morgan fingerprint density at radius 1 is 1.27 bits per heavy atom. The summed E-state index contributed by atoms with van der Waals surface area (Å²) < 4.78 is 0. The minimum atomic E-state index is -0.342. The second kappa shape index (κ2) is 7.26. The Kier molecular flexibility index (Phi) is 6.75. The first-order chi connectivity index (χ1) is 7.01. The molecule has 0 saturated heterocycles. The molecule has 0 radical (unpaired) electrons. The van der Waals surface area contributed by atoms with E-state index in [2.05, 4.69) is 5.32 Å². The van der Waals surface area contributed by atoms with Crippen molar-refractivity contribution >= 4 is 11.8 Å². The van der Waals surface area contributed by atoms with E-state index in [1.54, 1.807) is 6.92 Å². The van der Waals surface area contributed by atoms with Crippen molar-refractivity contribution in [3.63, 3.8) is 0 Å². The summed E-state index contributed by atoms with van der Waals surface area (Å²) in [6.07, 6.45) is 2.78. The molecule has 0 saturated carbocycles. The number of nitrogens with two attached hydrogens (primary N) is 1. The maximum Gasteiger partial charge on any atom is 0.220 e. The molecule has 0 aliphatic heterocycles. The first-order valence-corrected chi connectivity index (χ1v) is 5.59. The van der Waals surface area contributed by atoms with Gasteiger partial charge in [0.25, 0.3) is 0 Å². The van der Waals surface area contributed by atoms with E-state index in [0.717, 1.165) is 12.8 Å². The molecule has 4 nitrogen and oxygen atoms in total. The maximum absolute atomic E-state index is 11.4. The lowest BCUT2D eigenvalue weighted by molar-refractivity contribution is -0.123. The minimum Gasteiger partial charge on any atom is -0.369 e. The summed E-state index contributed by atoms with van der Waals surface area (Å²) in [5.41, 5.74) is 5.11. The fraction of sp³-hybridized carbons (Fsp3) is 0.818. The van der Waals surface area contributed by atoms with Gasteiger partial charge in [0.15, 0.2) is 0 Å². The zero-order valence-corrected chi connectivity index (χ0v) is 9.88. The van der Waals surface area contributed by atoms with Crippen molar-refractivity contribution in [1.29, 1.82) is 0 Å². The normalized spacial score (nSPS) is 12.5. The Morgan fingerprint density at radius 2 is 1.80 bits per heavy atom. The minimum absolute atomic E-state index is 0.0109. The van der Waals surface area contributed by atoms with Gasteiger partial charge in [-0.1, -0.05) is 20.8 Å². The van der Waals surface area contributed by atoms with Gasteiger partial charge in [0.1, 0.15) is 0 Å². The number of hydrogen-bond donors (Lipinski definition) is 2. The zero-order chi connectivity index (χ0) is 11.8. The molecule has 3 N–H and O–H groups in total. The van der Waals surface area contributed by atoms with Gasteiger partial charge in [-0.15, -0.1) is 0 Å². The van der Waals surface area contributed by atoms with Crippen LogP contribution in [0.2, 0.25) is 0 Å². The second-order valence-corrected chi connectivity index (χ2v) is 3.92. The van der Waals surface area contributed by atoms with E-state index < -0.39 is 0 Å². The molecule has 0 heterocycles. The predicted octanol–water partition coefficient (Wildman–Crippen LogP) is 1.19. The van der Waals surface area contributed by atoms with Crippen LogP contribution in [0.4, 0.5) is 0 Å². The van der Waals surface area contributed by atoms with Gasteiger partial charge < -0.3 is 11.1 Å². The van der Waals surface area contributed by atoms with E-state index in [9.17, 15) is 9.59 Å². The summed E-state index contributed by atoms with van der Waals surface area (Å²) in [5.74, 6) is -0.556. The topological polar surface area (TPSA) is 72.2 Å². The van der Waals surface area contributed by atoms with Crippen LogP contribution in [0.15, 0.2) is 0 Å². The monoisotopic (exact) mass is 214 g/mol. The largest absolute Gasteiger partial charge is 0.369 e. The highest BCUT2D eigenvalue weighted by molar-refractivity contribution is 5.79. The lowest BCUT2D eigenvalue weighted by Crippen LogP contribution is -2.34. The Hall–Kier alpha value is -1.06. The molecule has 0 aromatic carbocycles. The van der Waals surface area contributed by atoms with Crippen LogP contribution < -0.4 is 11.1 Å². The molecule has 0 rings (SSSR count).